The van der Waals surface area contributed by atoms with Crippen molar-refractivity contribution in [2.75, 3.05) is 39.4 Å². The Morgan fingerprint density at radius 3 is 1.14 bits per heavy atom. The molecule has 1 heterocycles. The highest BCUT2D eigenvalue weighted by atomic mass is 16.6. The van der Waals surface area contributed by atoms with Crippen molar-refractivity contribution in [1.29, 1.82) is 0 Å². The average Bonchev–Trinajstić information content (AvgIpc) is 3.02. The Labute approximate surface area is 305 Å². The van der Waals surface area contributed by atoms with E-state index in [1.165, 1.54) is 0 Å². The van der Waals surface area contributed by atoms with Crippen LogP contribution in [0.25, 0.3) is 0 Å². The Morgan fingerprint density at radius 1 is 0.540 bits per heavy atom. The number of rotatable bonds is 2. The van der Waals surface area contributed by atoms with Crippen LogP contribution in [0.1, 0.15) is 158 Å². The molecule has 10 heteroatoms. The number of carbonyl (C=O) groups excluding carboxylic acids is 2. The number of amides is 2. The van der Waals surface area contributed by atoms with E-state index in [-0.39, 0.29) is 49.1 Å². The van der Waals surface area contributed by atoms with Crippen LogP contribution < -0.4 is 0 Å². The molecule has 0 saturated carbocycles. The van der Waals surface area contributed by atoms with Gasteiger partial charge in [-0.2, -0.15) is 0 Å². The number of aliphatic hydroxyl groups is 4. The summed E-state index contributed by atoms with van der Waals surface area (Å²) in [6.07, 6.45) is 12.4. The number of hydrogen-bond acceptors (Lipinski definition) is 8. The average molecular weight is 715 g/mol. The summed E-state index contributed by atoms with van der Waals surface area (Å²) in [5.74, 6) is 0.150. The van der Waals surface area contributed by atoms with Gasteiger partial charge in [-0.05, 0) is 117 Å². The third-order valence-corrected chi connectivity index (χ3v) is 9.96. The Kier molecular flexibility index (Phi) is 22.8. The van der Waals surface area contributed by atoms with E-state index in [0.717, 1.165) is 89.9 Å². The van der Waals surface area contributed by atoms with Gasteiger partial charge in [0.25, 0.3) is 0 Å². The molecule has 0 spiro atoms. The summed E-state index contributed by atoms with van der Waals surface area (Å²) in [6, 6.07) is 0. The smallest absolute Gasteiger partial charge is 0.410 e. The molecule has 0 aromatic carbocycles. The highest BCUT2D eigenvalue weighted by Crippen LogP contribution is 2.23. The molecule has 0 aliphatic carbocycles. The predicted molar refractivity (Wildman–Crippen MR) is 201 cm³/mol. The zero-order valence-electron chi connectivity index (χ0n) is 33.3. The maximum Gasteiger partial charge on any atom is 0.410 e. The molecule has 296 valence electrons. The van der Waals surface area contributed by atoms with Crippen molar-refractivity contribution in [1.82, 2.24) is 9.80 Å². The molecule has 4 N–H and O–H groups in total. The van der Waals surface area contributed by atoms with Crippen LogP contribution in [0, 0.1) is 23.7 Å². The van der Waals surface area contributed by atoms with Crippen LogP contribution in [0.3, 0.4) is 0 Å². The first-order chi connectivity index (χ1) is 23.5. The molecule has 1 saturated heterocycles. The summed E-state index contributed by atoms with van der Waals surface area (Å²) < 4.78 is 11.4. The molecule has 0 aromatic heterocycles. The molecule has 1 fully saturated rings. The van der Waals surface area contributed by atoms with Crippen molar-refractivity contribution in [3.63, 3.8) is 0 Å². The first-order valence-electron chi connectivity index (χ1n) is 20.0. The number of carbonyl (C=O) groups is 2. The molecule has 10 nitrogen and oxygen atoms in total. The lowest BCUT2D eigenvalue weighted by molar-refractivity contribution is 0.0129. The number of hydrogen-bond donors (Lipinski definition) is 4. The van der Waals surface area contributed by atoms with E-state index in [0.29, 0.717) is 39.0 Å². The molecule has 0 aromatic rings. The largest absolute Gasteiger partial charge is 0.444 e. The minimum absolute atomic E-state index is 0.0940. The van der Waals surface area contributed by atoms with Crippen molar-refractivity contribution in [3.8, 4) is 0 Å². The van der Waals surface area contributed by atoms with Crippen molar-refractivity contribution in [3.05, 3.63) is 0 Å². The van der Waals surface area contributed by atoms with E-state index in [2.05, 4.69) is 0 Å². The number of ether oxygens (including phenoxy) is 2. The Bertz CT molecular complexity index is 833. The molecular weight excluding hydrogens is 636 g/mol. The van der Waals surface area contributed by atoms with Gasteiger partial charge in [0.2, 0.25) is 0 Å². The molecule has 6 atom stereocenters. The lowest BCUT2D eigenvalue weighted by atomic mass is 9.94. The van der Waals surface area contributed by atoms with E-state index in [1.807, 2.05) is 55.4 Å². The fourth-order valence-corrected chi connectivity index (χ4v) is 6.75. The summed E-state index contributed by atoms with van der Waals surface area (Å²) >= 11 is 0. The lowest BCUT2D eigenvalue weighted by Crippen LogP contribution is -2.42. The maximum absolute atomic E-state index is 13.1. The third-order valence-electron chi connectivity index (χ3n) is 9.96. The van der Waals surface area contributed by atoms with Crippen LogP contribution in [0.4, 0.5) is 9.59 Å². The van der Waals surface area contributed by atoms with Gasteiger partial charge in [-0.25, -0.2) is 9.59 Å². The van der Waals surface area contributed by atoms with Gasteiger partial charge in [0.1, 0.15) is 11.2 Å². The number of nitrogens with zero attached hydrogens (tertiary/aromatic N) is 2. The minimum atomic E-state index is -0.606. The summed E-state index contributed by atoms with van der Waals surface area (Å²) in [6.45, 7) is 17.3. The molecule has 1 aliphatic heterocycles. The molecule has 6 unspecified atom stereocenters. The van der Waals surface area contributed by atoms with Crippen LogP contribution in [0.2, 0.25) is 0 Å². The highest BCUT2D eigenvalue weighted by molar-refractivity contribution is 5.68. The molecular formula is C40H78N2O8. The zero-order valence-corrected chi connectivity index (χ0v) is 33.3. The van der Waals surface area contributed by atoms with E-state index in [1.54, 1.807) is 9.80 Å². The Hall–Kier alpha value is -1.62. The highest BCUT2D eigenvalue weighted by Gasteiger charge is 2.27. The SMILES string of the molecule is CC1CN(C(=O)OC(C)(C)C)CCCC(CO)CCCCCCC(O)C(C)CN(C(=O)OC(C)(C)C)CCCC(CO)CCCCCCC1O. The molecule has 1 aliphatic rings. The molecule has 2 amide bonds. The molecule has 0 bridgehead atoms. The minimum Gasteiger partial charge on any atom is -0.444 e. The molecule has 50 heavy (non-hydrogen) atoms. The van der Waals surface area contributed by atoms with E-state index >= 15 is 0 Å². The maximum atomic E-state index is 13.1. The number of aliphatic hydroxyl groups excluding tert-OH is 4. The first-order valence-corrected chi connectivity index (χ1v) is 20.0. The van der Waals surface area contributed by atoms with Gasteiger partial charge in [0.15, 0.2) is 0 Å². The molecule has 0 radical (unpaired) electrons. The van der Waals surface area contributed by atoms with Crippen molar-refractivity contribution in [2.24, 2.45) is 23.7 Å². The quantitative estimate of drug-likeness (QED) is 0.226. The van der Waals surface area contributed by atoms with E-state index in [9.17, 15) is 30.0 Å². The van der Waals surface area contributed by atoms with Crippen LogP contribution >= 0.6 is 0 Å². The van der Waals surface area contributed by atoms with E-state index < -0.39 is 23.4 Å². The van der Waals surface area contributed by atoms with E-state index in [4.69, 9.17) is 9.47 Å². The second-order valence-corrected chi connectivity index (χ2v) is 17.3. The van der Waals surface area contributed by atoms with Gasteiger partial charge in [-0.1, -0.05) is 65.2 Å². The first kappa shape index (κ1) is 46.4. The van der Waals surface area contributed by atoms with Crippen LogP contribution in [0.15, 0.2) is 0 Å². The normalized spacial score (nSPS) is 28.2. The van der Waals surface area contributed by atoms with Gasteiger partial charge in [0, 0.05) is 39.4 Å². The van der Waals surface area contributed by atoms with Gasteiger partial charge in [0.05, 0.1) is 12.2 Å². The topological polar surface area (TPSA) is 140 Å². The van der Waals surface area contributed by atoms with Gasteiger partial charge < -0.3 is 39.7 Å². The van der Waals surface area contributed by atoms with Crippen molar-refractivity contribution in [2.45, 2.75) is 182 Å². The second kappa shape index (κ2) is 24.6. The summed E-state index contributed by atoms with van der Waals surface area (Å²) in [4.78, 5) is 29.7. The van der Waals surface area contributed by atoms with Crippen molar-refractivity contribution < 1.29 is 39.5 Å². The zero-order chi connectivity index (χ0) is 37.7. The summed E-state index contributed by atoms with van der Waals surface area (Å²) in [5, 5.41) is 42.1. The van der Waals surface area contributed by atoms with Crippen molar-refractivity contribution >= 4 is 12.2 Å². The van der Waals surface area contributed by atoms with Gasteiger partial charge in [-0.15, -0.1) is 0 Å². The van der Waals surface area contributed by atoms with Crippen LogP contribution in [0.5, 0.6) is 0 Å². The lowest BCUT2D eigenvalue weighted by Gasteiger charge is -2.31. The standard InChI is InChI=1S/C40H78N2O8/c1-31-27-41(37(47)49-39(3,4)5)25-17-21-33(29-43)20-14-10-12-16-24-36(46)32(2)28-42(38(48)50-40(6,7)8)26-18-22-34(30-44)19-13-9-11-15-23-35(31)45/h31-36,43-46H,9-30H2,1-8H3. The monoisotopic (exact) mass is 715 g/mol. The third kappa shape index (κ3) is 21.7. The Morgan fingerprint density at radius 2 is 0.840 bits per heavy atom. The fourth-order valence-electron chi connectivity index (χ4n) is 6.75. The van der Waals surface area contributed by atoms with Crippen LogP contribution in [-0.2, 0) is 9.47 Å². The summed E-state index contributed by atoms with van der Waals surface area (Å²) in [7, 11) is 0. The molecule has 1 rings (SSSR count). The van der Waals surface area contributed by atoms with Gasteiger partial charge in [-0.3, -0.25) is 0 Å². The second-order valence-electron chi connectivity index (χ2n) is 17.3. The van der Waals surface area contributed by atoms with Crippen LogP contribution in [-0.4, -0.2) is 105 Å². The Balaban J connectivity index is 2.94. The van der Waals surface area contributed by atoms with Gasteiger partial charge >= 0.3 is 12.2 Å². The predicted octanol–water partition coefficient (Wildman–Crippen LogP) is 7.93. The summed E-state index contributed by atoms with van der Waals surface area (Å²) in [5.41, 5.74) is -1.21. The fraction of sp³-hybridized carbons (Fsp3) is 0.950.